The van der Waals surface area contributed by atoms with E-state index in [0.717, 1.165) is 0 Å². The Morgan fingerprint density at radius 1 is 1.50 bits per heavy atom. The SMILES string of the molecule is CC(C)(F)C1(CN)CS(=O)(=O)C1. The molecule has 5 heteroatoms. The third-order valence-corrected chi connectivity index (χ3v) is 4.63. The van der Waals surface area contributed by atoms with E-state index in [-0.39, 0.29) is 18.1 Å². The predicted octanol–water partition coefficient (Wildman–Crippen LogP) is 0.108. The minimum Gasteiger partial charge on any atom is -0.330 e. The quantitative estimate of drug-likeness (QED) is 0.680. The minimum absolute atomic E-state index is 0.0930. The Hall–Kier alpha value is -0.160. The molecule has 0 spiro atoms. The summed E-state index contributed by atoms with van der Waals surface area (Å²) in [7, 11) is -3.00. The molecule has 0 bridgehead atoms. The molecule has 3 nitrogen and oxygen atoms in total. The van der Waals surface area contributed by atoms with E-state index >= 15 is 0 Å². The van der Waals surface area contributed by atoms with Gasteiger partial charge in [0.25, 0.3) is 0 Å². The molecule has 2 N–H and O–H groups in total. The molecular weight excluding hydrogens is 181 g/mol. The molecule has 0 atom stereocenters. The third-order valence-electron chi connectivity index (χ3n) is 2.64. The van der Waals surface area contributed by atoms with Crippen molar-refractivity contribution in [1.82, 2.24) is 0 Å². The highest BCUT2D eigenvalue weighted by atomic mass is 32.2. The molecule has 0 saturated carbocycles. The molecule has 1 heterocycles. The molecule has 0 unspecified atom stereocenters. The summed E-state index contributed by atoms with van der Waals surface area (Å²) in [5.41, 5.74) is 3.02. The fourth-order valence-electron chi connectivity index (χ4n) is 1.50. The Labute approximate surface area is 72.1 Å². The van der Waals surface area contributed by atoms with E-state index in [2.05, 4.69) is 0 Å². The molecule has 12 heavy (non-hydrogen) atoms. The van der Waals surface area contributed by atoms with Crippen LogP contribution in [-0.2, 0) is 9.84 Å². The van der Waals surface area contributed by atoms with Crippen molar-refractivity contribution in [3.63, 3.8) is 0 Å². The van der Waals surface area contributed by atoms with Gasteiger partial charge in [-0.05, 0) is 13.8 Å². The van der Waals surface area contributed by atoms with Crippen LogP contribution in [0.4, 0.5) is 4.39 Å². The van der Waals surface area contributed by atoms with Gasteiger partial charge < -0.3 is 5.73 Å². The normalized spacial score (nSPS) is 26.3. The van der Waals surface area contributed by atoms with Crippen LogP contribution in [0.2, 0.25) is 0 Å². The second kappa shape index (κ2) is 2.42. The van der Waals surface area contributed by atoms with Crippen molar-refractivity contribution in [2.75, 3.05) is 18.1 Å². The fraction of sp³-hybridized carbons (Fsp3) is 1.00. The molecule has 1 saturated heterocycles. The summed E-state index contributed by atoms with van der Waals surface area (Å²) < 4.78 is 35.3. The molecule has 1 aliphatic heterocycles. The van der Waals surface area contributed by atoms with Crippen molar-refractivity contribution in [3.8, 4) is 0 Å². The van der Waals surface area contributed by atoms with Gasteiger partial charge in [-0.3, -0.25) is 0 Å². The maximum atomic E-state index is 13.5. The molecule has 72 valence electrons. The van der Waals surface area contributed by atoms with E-state index in [1.54, 1.807) is 0 Å². The lowest BCUT2D eigenvalue weighted by atomic mass is 9.77. The van der Waals surface area contributed by atoms with Gasteiger partial charge in [-0.25, -0.2) is 12.8 Å². The zero-order valence-corrected chi connectivity index (χ0v) is 8.12. The fourth-order valence-corrected chi connectivity index (χ4v) is 4.02. The summed E-state index contributed by atoms with van der Waals surface area (Å²) in [5, 5.41) is 0. The molecule has 0 aromatic rings. The molecule has 0 amide bonds. The van der Waals surface area contributed by atoms with Crippen LogP contribution in [0.3, 0.4) is 0 Å². The van der Waals surface area contributed by atoms with Gasteiger partial charge in [-0.2, -0.15) is 0 Å². The van der Waals surface area contributed by atoms with Crippen molar-refractivity contribution in [3.05, 3.63) is 0 Å². The first kappa shape index (κ1) is 9.92. The van der Waals surface area contributed by atoms with Crippen molar-refractivity contribution < 1.29 is 12.8 Å². The van der Waals surface area contributed by atoms with Crippen LogP contribution in [0, 0.1) is 5.41 Å². The molecule has 0 radical (unpaired) electrons. The van der Waals surface area contributed by atoms with Gasteiger partial charge in [-0.1, -0.05) is 0 Å². The van der Waals surface area contributed by atoms with Crippen molar-refractivity contribution in [1.29, 1.82) is 0 Å². The largest absolute Gasteiger partial charge is 0.330 e. The standard InChI is InChI=1S/C7H14FNO2S/c1-6(2,8)7(3-9)4-12(10,11)5-7/h3-5,9H2,1-2H3. The van der Waals surface area contributed by atoms with Crippen LogP contribution in [-0.4, -0.2) is 32.1 Å². The molecule has 0 aliphatic carbocycles. The molecule has 0 aromatic carbocycles. The lowest BCUT2D eigenvalue weighted by molar-refractivity contribution is 0.0529. The maximum absolute atomic E-state index is 13.5. The van der Waals surface area contributed by atoms with E-state index in [0.29, 0.717) is 0 Å². The number of nitrogens with two attached hydrogens (primary N) is 1. The summed E-state index contributed by atoms with van der Waals surface area (Å²) in [6, 6.07) is 0. The van der Waals surface area contributed by atoms with Gasteiger partial charge in [0, 0.05) is 12.0 Å². The highest BCUT2D eigenvalue weighted by molar-refractivity contribution is 7.92. The van der Waals surface area contributed by atoms with Gasteiger partial charge in [0.1, 0.15) is 5.67 Å². The number of hydrogen-bond donors (Lipinski definition) is 1. The number of hydrogen-bond acceptors (Lipinski definition) is 3. The summed E-state index contributed by atoms with van der Waals surface area (Å²) in [4.78, 5) is 0. The van der Waals surface area contributed by atoms with E-state index in [1.165, 1.54) is 13.8 Å². The van der Waals surface area contributed by atoms with Gasteiger partial charge in [-0.15, -0.1) is 0 Å². The molecular formula is C7H14FNO2S. The van der Waals surface area contributed by atoms with Crippen LogP contribution in [0.5, 0.6) is 0 Å². The van der Waals surface area contributed by atoms with Crippen molar-refractivity contribution in [2.24, 2.45) is 11.1 Å². The second-order valence-electron chi connectivity index (χ2n) is 3.99. The first-order valence-electron chi connectivity index (χ1n) is 3.82. The Bertz CT molecular complexity index is 266. The Morgan fingerprint density at radius 3 is 2.00 bits per heavy atom. The molecule has 1 aliphatic rings. The second-order valence-corrected chi connectivity index (χ2v) is 6.05. The minimum atomic E-state index is -3.00. The maximum Gasteiger partial charge on any atom is 0.151 e. The Morgan fingerprint density at radius 2 is 1.92 bits per heavy atom. The first-order chi connectivity index (χ1) is 5.22. The average Bonchev–Trinajstić information content (AvgIpc) is 1.78. The zero-order chi connectivity index (χ0) is 9.62. The summed E-state index contributed by atoms with van der Waals surface area (Å²) >= 11 is 0. The number of alkyl halides is 1. The zero-order valence-electron chi connectivity index (χ0n) is 7.30. The number of halogens is 1. The van der Waals surface area contributed by atoms with E-state index in [9.17, 15) is 12.8 Å². The van der Waals surface area contributed by atoms with Crippen LogP contribution >= 0.6 is 0 Å². The Balaban J connectivity index is 2.86. The third kappa shape index (κ3) is 1.35. The average molecular weight is 195 g/mol. The highest BCUT2D eigenvalue weighted by Gasteiger charge is 2.57. The summed E-state index contributed by atoms with van der Waals surface area (Å²) in [6.07, 6.45) is 0. The van der Waals surface area contributed by atoms with E-state index < -0.39 is 20.9 Å². The van der Waals surface area contributed by atoms with E-state index in [1.807, 2.05) is 0 Å². The highest BCUT2D eigenvalue weighted by Crippen LogP contribution is 2.43. The summed E-state index contributed by atoms with van der Waals surface area (Å²) in [6.45, 7) is 2.86. The topological polar surface area (TPSA) is 60.2 Å². The van der Waals surface area contributed by atoms with E-state index in [4.69, 9.17) is 5.73 Å². The molecule has 1 rings (SSSR count). The molecule has 0 aromatic heterocycles. The molecule has 1 fully saturated rings. The Kier molecular flexibility index (Phi) is 2.00. The predicted molar refractivity (Wildman–Crippen MR) is 45.3 cm³/mol. The number of sulfone groups is 1. The van der Waals surface area contributed by atoms with Crippen molar-refractivity contribution >= 4 is 9.84 Å². The lowest BCUT2D eigenvalue weighted by Gasteiger charge is -2.46. The smallest absolute Gasteiger partial charge is 0.151 e. The van der Waals surface area contributed by atoms with Gasteiger partial charge in [0.15, 0.2) is 9.84 Å². The van der Waals surface area contributed by atoms with Crippen molar-refractivity contribution in [2.45, 2.75) is 19.5 Å². The summed E-state index contributed by atoms with van der Waals surface area (Å²) in [5.74, 6) is -0.222. The number of rotatable bonds is 2. The van der Waals surface area contributed by atoms with Crippen LogP contribution < -0.4 is 5.73 Å². The van der Waals surface area contributed by atoms with Crippen LogP contribution in [0.25, 0.3) is 0 Å². The first-order valence-corrected chi connectivity index (χ1v) is 5.64. The van der Waals surface area contributed by atoms with Gasteiger partial charge in [0.05, 0.1) is 11.5 Å². The van der Waals surface area contributed by atoms with Gasteiger partial charge in [0.2, 0.25) is 0 Å². The van der Waals surface area contributed by atoms with Gasteiger partial charge >= 0.3 is 0 Å². The lowest BCUT2D eigenvalue weighted by Crippen LogP contribution is -2.62. The van der Waals surface area contributed by atoms with Crippen LogP contribution in [0.15, 0.2) is 0 Å². The monoisotopic (exact) mass is 195 g/mol. The van der Waals surface area contributed by atoms with Crippen LogP contribution in [0.1, 0.15) is 13.8 Å².